The highest BCUT2D eigenvalue weighted by atomic mass is 16.6. The van der Waals surface area contributed by atoms with E-state index in [-0.39, 0.29) is 12.3 Å². The number of anilines is 1. The molecule has 0 aliphatic carbocycles. The van der Waals surface area contributed by atoms with E-state index in [9.17, 15) is 19.2 Å². The van der Waals surface area contributed by atoms with Crippen LogP contribution < -0.4 is 10.6 Å². The zero-order valence-electron chi connectivity index (χ0n) is 13.0. The first kappa shape index (κ1) is 18.1. The van der Waals surface area contributed by atoms with Gasteiger partial charge in [0.05, 0.1) is 13.5 Å². The quantitative estimate of drug-likeness (QED) is 0.782. The lowest BCUT2D eigenvalue weighted by atomic mass is 10.1. The van der Waals surface area contributed by atoms with E-state index in [1.807, 2.05) is 5.32 Å². The molecule has 2 N–H and O–H groups in total. The van der Waals surface area contributed by atoms with Crippen LogP contribution in [0.5, 0.6) is 0 Å². The lowest BCUT2D eigenvalue weighted by molar-refractivity contribution is -0.153. The fourth-order valence-corrected chi connectivity index (χ4v) is 1.62. The third-order valence-electron chi connectivity index (χ3n) is 2.71. The Labute approximate surface area is 133 Å². The van der Waals surface area contributed by atoms with Crippen LogP contribution in [0.15, 0.2) is 24.3 Å². The second-order valence-electron chi connectivity index (χ2n) is 4.67. The SMILES string of the molecule is COC(=O)NC(=O)[C@H](C)OC(=O)Cc1ccc(NC(C)=O)cc1. The zero-order valence-corrected chi connectivity index (χ0v) is 13.0. The molecule has 0 heterocycles. The number of carbonyl (C=O) groups excluding carboxylic acids is 4. The van der Waals surface area contributed by atoms with Crippen LogP contribution in [0.1, 0.15) is 19.4 Å². The Hall–Kier alpha value is -2.90. The molecule has 124 valence electrons. The number of nitrogens with one attached hydrogen (secondary N) is 2. The van der Waals surface area contributed by atoms with Gasteiger partial charge in [-0.3, -0.25) is 19.7 Å². The van der Waals surface area contributed by atoms with E-state index >= 15 is 0 Å². The van der Waals surface area contributed by atoms with Crippen molar-refractivity contribution in [1.29, 1.82) is 0 Å². The van der Waals surface area contributed by atoms with Crippen LogP contribution in [-0.2, 0) is 30.3 Å². The van der Waals surface area contributed by atoms with Gasteiger partial charge in [-0.1, -0.05) is 12.1 Å². The molecule has 1 aromatic rings. The fourth-order valence-electron chi connectivity index (χ4n) is 1.62. The summed E-state index contributed by atoms with van der Waals surface area (Å²) < 4.78 is 9.20. The summed E-state index contributed by atoms with van der Waals surface area (Å²) in [5, 5.41) is 4.51. The third kappa shape index (κ3) is 6.60. The van der Waals surface area contributed by atoms with E-state index in [4.69, 9.17) is 4.74 Å². The number of benzene rings is 1. The van der Waals surface area contributed by atoms with Gasteiger partial charge < -0.3 is 14.8 Å². The lowest BCUT2D eigenvalue weighted by Gasteiger charge is -2.12. The van der Waals surface area contributed by atoms with E-state index in [2.05, 4.69) is 10.1 Å². The average molecular weight is 322 g/mol. The number of methoxy groups -OCH3 is 1. The van der Waals surface area contributed by atoms with E-state index in [0.29, 0.717) is 11.3 Å². The molecule has 8 heteroatoms. The predicted molar refractivity (Wildman–Crippen MR) is 80.6 cm³/mol. The molecule has 0 aromatic heterocycles. The molecule has 0 unspecified atom stereocenters. The molecule has 1 rings (SSSR count). The number of ether oxygens (including phenoxy) is 2. The van der Waals surface area contributed by atoms with E-state index in [0.717, 1.165) is 7.11 Å². The van der Waals surface area contributed by atoms with Crippen LogP contribution in [0, 0.1) is 0 Å². The van der Waals surface area contributed by atoms with Gasteiger partial charge in [-0.15, -0.1) is 0 Å². The Balaban J connectivity index is 2.51. The van der Waals surface area contributed by atoms with Gasteiger partial charge in [0.1, 0.15) is 0 Å². The minimum Gasteiger partial charge on any atom is -0.453 e. The Morgan fingerprint density at radius 3 is 2.26 bits per heavy atom. The Morgan fingerprint density at radius 2 is 1.74 bits per heavy atom. The number of amides is 3. The van der Waals surface area contributed by atoms with Crippen LogP contribution >= 0.6 is 0 Å². The first-order chi connectivity index (χ1) is 10.8. The summed E-state index contributed by atoms with van der Waals surface area (Å²) in [6.07, 6.45) is -2.09. The molecular weight excluding hydrogens is 304 g/mol. The van der Waals surface area contributed by atoms with Crippen molar-refractivity contribution in [3.05, 3.63) is 29.8 Å². The summed E-state index contributed by atoms with van der Waals surface area (Å²) in [5.74, 6) is -1.58. The van der Waals surface area contributed by atoms with Crippen LogP contribution in [0.4, 0.5) is 10.5 Å². The van der Waals surface area contributed by atoms with Crippen molar-refractivity contribution in [2.45, 2.75) is 26.4 Å². The molecule has 8 nitrogen and oxygen atoms in total. The molecular formula is C15H18N2O6. The van der Waals surface area contributed by atoms with Crippen LogP contribution in [0.2, 0.25) is 0 Å². The van der Waals surface area contributed by atoms with E-state index in [1.54, 1.807) is 24.3 Å². The molecule has 0 aliphatic heterocycles. The minimum atomic E-state index is -1.12. The zero-order chi connectivity index (χ0) is 17.4. The molecule has 0 radical (unpaired) electrons. The summed E-state index contributed by atoms with van der Waals surface area (Å²) in [7, 11) is 1.11. The summed E-state index contributed by atoms with van der Waals surface area (Å²) in [5.41, 5.74) is 1.27. The summed E-state index contributed by atoms with van der Waals surface area (Å²) in [6.45, 7) is 2.74. The largest absolute Gasteiger partial charge is 0.453 e. The van der Waals surface area contributed by atoms with Crippen molar-refractivity contribution in [1.82, 2.24) is 5.32 Å². The summed E-state index contributed by atoms with van der Waals surface area (Å²) >= 11 is 0. The number of rotatable bonds is 5. The molecule has 1 atom stereocenters. The van der Waals surface area contributed by atoms with Crippen molar-refractivity contribution < 1.29 is 28.7 Å². The van der Waals surface area contributed by atoms with E-state index < -0.39 is 24.1 Å². The molecule has 0 spiro atoms. The van der Waals surface area contributed by atoms with Crippen LogP contribution in [0.3, 0.4) is 0 Å². The molecule has 23 heavy (non-hydrogen) atoms. The van der Waals surface area contributed by atoms with Gasteiger partial charge in [0.2, 0.25) is 5.91 Å². The maximum Gasteiger partial charge on any atom is 0.413 e. The topological polar surface area (TPSA) is 111 Å². The monoisotopic (exact) mass is 322 g/mol. The van der Waals surface area contributed by atoms with Crippen molar-refractivity contribution >= 4 is 29.6 Å². The number of alkyl carbamates (subject to hydrolysis) is 1. The third-order valence-corrected chi connectivity index (χ3v) is 2.71. The van der Waals surface area contributed by atoms with Crippen LogP contribution in [0.25, 0.3) is 0 Å². The van der Waals surface area contributed by atoms with Gasteiger partial charge in [-0.2, -0.15) is 0 Å². The van der Waals surface area contributed by atoms with Gasteiger partial charge >= 0.3 is 12.1 Å². The minimum absolute atomic E-state index is 0.0454. The molecule has 0 saturated carbocycles. The number of carbonyl (C=O) groups is 4. The predicted octanol–water partition coefficient (Wildman–Crippen LogP) is 1.00. The lowest BCUT2D eigenvalue weighted by Crippen LogP contribution is -2.39. The van der Waals surface area contributed by atoms with Gasteiger partial charge in [0.25, 0.3) is 5.91 Å². The Morgan fingerprint density at radius 1 is 1.13 bits per heavy atom. The molecule has 0 fully saturated rings. The smallest absolute Gasteiger partial charge is 0.413 e. The van der Waals surface area contributed by atoms with Crippen molar-refractivity contribution in [2.24, 2.45) is 0 Å². The van der Waals surface area contributed by atoms with Crippen molar-refractivity contribution in [3.8, 4) is 0 Å². The molecule has 3 amide bonds. The number of esters is 1. The maximum atomic E-state index is 11.8. The normalized spacial score (nSPS) is 11.1. The van der Waals surface area contributed by atoms with Gasteiger partial charge in [-0.25, -0.2) is 4.79 Å². The van der Waals surface area contributed by atoms with Crippen molar-refractivity contribution in [2.75, 3.05) is 12.4 Å². The summed E-state index contributed by atoms with van der Waals surface area (Å²) in [4.78, 5) is 45.1. The fraction of sp³-hybridized carbons (Fsp3) is 0.333. The van der Waals surface area contributed by atoms with Gasteiger partial charge in [-0.05, 0) is 24.6 Å². The highest BCUT2D eigenvalue weighted by Gasteiger charge is 2.20. The number of hydrogen-bond acceptors (Lipinski definition) is 6. The molecule has 1 aromatic carbocycles. The summed E-state index contributed by atoms with van der Waals surface area (Å²) in [6, 6.07) is 6.62. The maximum absolute atomic E-state index is 11.8. The molecule has 0 saturated heterocycles. The van der Waals surface area contributed by atoms with Gasteiger partial charge in [0, 0.05) is 12.6 Å². The molecule has 0 bridgehead atoms. The number of imide groups is 1. The first-order valence-corrected chi connectivity index (χ1v) is 6.76. The second kappa shape index (κ2) is 8.52. The highest BCUT2D eigenvalue weighted by Crippen LogP contribution is 2.10. The Bertz CT molecular complexity index is 596. The standard InChI is InChI=1S/C15H18N2O6/c1-9(14(20)17-15(21)22-3)23-13(19)8-11-4-6-12(7-5-11)16-10(2)18/h4-7,9H,8H2,1-3H3,(H,16,18)(H,17,20,21)/t9-/m0/s1. The van der Waals surface area contributed by atoms with Crippen molar-refractivity contribution in [3.63, 3.8) is 0 Å². The number of hydrogen-bond donors (Lipinski definition) is 2. The molecule has 0 aliphatic rings. The van der Waals surface area contributed by atoms with Gasteiger partial charge in [0.15, 0.2) is 6.10 Å². The van der Waals surface area contributed by atoms with Crippen LogP contribution in [-0.4, -0.2) is 37.1 Å². The van der Waals surface area contributed by atoms with E-state index in [1.165, 1.54) is 13.8 Å². The highest BCUT2D eigenvalue weighted by molar-refractivity contribution is 5.95. The Kier molecular flexibility index (Phi) is 6.72. The average Bonchev–Trinajstić information content (AvgIpc) is 2.48. The first-order valence-electron chi connectivity index (χ1n) is 6.76. The second-order valence-corrected chi connectivity index (χ2v) is 4.67.